The maximum absolute atomic E-state index is 13.9. The molecule has 0 atom stereocenters. The Bertz CT molecular complexity index is 1540. The lowest BCUT2D eigenvalue weighted by molar-refractivity contribution is 0.583. The van der Waals surface area contributed by atoms with Crippen molar-refractivity contribution in [1.29, 1.82) is 0 Å². The van der Waals surface area contributed by atoms with Crippen LogP contribution in [0.25, 0.3) is 10.2 Å². The van der Waals surface area contributed by atoms with Gasteiger partial charge < -0.3 is 0 Å². The van der Waals surface area contributed by atoms with Gasteiger partial charge in [0, 0.05) is 10.0 Å². The fourth-order valence-electron chi connectivity index (χ4n) is 3.32. The van der Waals surface area contributed by atoms with E-state index in [-0.39, 0.29) is 41.1 Å². The van der Waals surface area contributed by atoms with Gasteiger partial charge in [0.1, 0.15) is 0 Å². The predicted octanol–water partition coefficient (Wildman–Crippen LogP) is 6.46. The molecular formula is C21H15Cl3N2O4S3. The molecule has 0 unspecified atom stereocenters. The number of thiazole rings is 1. The van der Waals surface area contributed by atoms with Crippen LogP contribution < -0.4 is 3.71 Å². The van der Waals surface area contributed by atoms with Gasteiger partial charge in [0.05, 0.1) is 25.7 Å². The first-order chi connectivity index (χ1) is 15.4. The molecule has 0 aliphatic heterocycles. The Morgan fingerprint density at radius 2 is 1.30 bits per heavy atom. The van der Waals surface area contributed by atoms with Gasteiger partial charge in [0.2, 0.25) is 0 Å². The van der Waals surface area contributed by atoms with E-state index in [9.17, 15) is 16.8 Å². The minimum atomic E-state index is -4.64. The molecule has 0 aliphatic carbocycles. The van der Waals surface area contributed by atoms with E-state index in [2.05, 4.69) is 4.98 Å². The topological polar surface area (TPSA) is 84.4 Å². The molecule has 0 spiro atoms. The summed E-state index contributed by atoms with van der Waals surface area (Å²) in [5.74, 6) is 0. The largest absolute Gasteiger partial charge is 0.277 e. The second-order valence-corrected chi connectivity index (χ2v) is 13.2. The van der Waals surface area contributed by atoms with E-state index in [1.807, 2.05) is 0 Å². The zero-order chi connectivity index (χ0) is 24.1. The van der Waals surface area contributed by atoms with Crippen LogP contribution in [0, 0.1) is 13.8 Å². The average molecular weight is 562 g/mol. The van der Waals surface area contributed by atoms with Crippen LogP contribution in [0.5, 0.6) is 0 Å². The molecule has 0 amide bonds. The van der Waals surface area contributed by atoms with Crippen LogP contribution in [0.4, 0.5) is 5.69 Å². The second-order valence-electron chi connectivity index (χ2n) is 7.05. The van der Waals surface area contributed by atoms with Crippen LogP contribution >= 0.6 is 46.1 Å². The molecule has 4 rings (SSSR count). The van der Waals surface area contributed by atoms with E-state index in [1.54, 1.807) is 0 Å². The molecule has 0 N–H and O–H groups in total. The summed E-state index contributed by atoms with van der Waals surface area (Å²) >= 11 is 19.4. The summed E-state index contributed by atoms with van der Waals surface area (Å²) in [5.41, 5.74) is 0.871. The maximum atomic E-state index is 13.9. The number of hydrogen-bond acceptors (Lipinski definition) is 6. The number of sulfonamides is 2. The smallest absolute Gasteiger partial charge is 0.225 e. The molecule has 4 aromatic rings. The molecule has 0 aliphatic rings. The van der Waals surface area contributed by atoms with Crippen molar-refractivity contribution in [2.45, 2.75) is 23.6 Å². The summed E-state index contributed by atoms with van der Waals surface area (Å²) in [6.45, 7) is 3.02. The number of rotatable bonds is 5. The summed E-state index contributed by atoms with van der Waals surface area (Å²) in [7, 11) is -9.27. The van der Waals surface area contributed by atoms with E-state index in [4.69, 9.17) is 34.8 Å². The van der Waals surface area contributed by atoms with Gasteiger partial charge in [-0.15, -0.1) is 11.3 Å². The van der Waals surface area contributed by atoms with Gasteiger partial charge in [-0.2, -0.15) is 20.5 Å². The van der Waals surface area contributed by atoms with E-state index >= 15 is 0 Å². The number of hydrogen-bond donors (Lipinski definition) is 0. The van der Waals surface area contributed by atoms with Crippen LogP contribution in [0.15, 0.2) is 64.4 Å². The molecule has 12 heteroatoms. The van der Waals surface area contributed by atoms with E-state index in [1.165, 1.54) is 68.4 Å². The fourth-order valence-corrected chi connectivity index (χ4v) is 8.99. The first-order valence-electron chi connectivity index (χ1n) is 9.31. The van der Waals surface area contributed by atoms with Crippen molar-refractivity contribution in [3.8, 4) is 0 Å². The summed E-state index contributed by atoms with van der Waals surface area (Å²) in [4.78, 5) is 3.67. The first kappa shape index (κ1) is 24.3. The van der Waals surface area contributed by atoms with Crippen molar-refractivity contribution < 1.29 is 16.8 Å². The number of anilines is 1. The molecular weight excluding hydrogens is 547 g/mol. The molecule has 3 aromatic carbocycles. The number of benzene rings is 3. The van der Waals surface area contributed by atoms with Gasteiger partial charge in [-0.05, 0) is 67.4 Å². The van der Waals surface area contributed by atoms with E-state index in [0.29, 0.717) is 13.9 Å². The number of nitrogens with zero attached hydrogens (tertiary/aromatic N) is 2. The maximum Gasteiger partial charge on any atom is 0.277 e. The SMILES string of the molecule is Cc1c(Cl)cccc1S(=O)(=O)N(c1ccc2nc(Cl)sc2c1)S(=O)(=O)c1cccc(Cl)c1C. The molecule has 1 aromatic heterocycles. The van der Waals surface area contributed by atoms with Crippen molar-refractivity contribution in [2.24, 2.45) is 0 Å². The van der Waals surface area contributed by atoms with Crippen molar-refractivity contribution in [3.63, 3.8) is 0 Å². The van der Waals surface area contributed by atoms with E-state index < -0.39 is 20.0 Å². The summed E-state index contributed by atoms with van der Waals surface area (Å²) in [6.07, 6.45) is 0. The highest BCUT2D eigenvalue weighted by Crippen LogP contribution is 2.38. The number of fused-ring (bicyclic) bond motifs is 1. The molecule has 0 radical (unpaired) electrons. The fraction of sp³-hybridized carbons (Fsp3) is 0.0952. The van der Waals surface area contributed by atoms with Crippen LogP contribution in [-0.2, 0) is 20.0 Å². The lowest BCUT2D eigenvalue weighted by atomic mass is 10.2. The Kier molecular flexibility index (Phi) is 6.41. The predicted molar refractivity (Wildman–Crippen MR) is 134 cm³/mol. The van der Waals surface area contributed by atoms with Crippen LogP contribution in [0.1, 0.15) is 11.1 Å². The minimum absolute atomic E-state index is 0.0958. The zero-order valence-electron chi connectivity index (χ0n) is 17.1. The normalized spacial score (nSPS) is 12.3. The van der Waals surface area contributed by atoms with Gasteiger partial charge in [0.25, 0.3) is 20.0 Å². The van der Waals surface area contributed by atoms with Crippen LogP contribution in [0.3, 0.4) is 0 Å². The summed E-state index contributed by atoms with van der Waals surface area (Å²) < 4.78 is 56.7. The quantitative estimate of drug-likeness (QED) is 0.279. The molecule has 6 nitrogen and oxygen atoms in total. The van der Waals surface area contributed by atoms with Crippen molar-refractivity contribution in [1.82, 2.24) is 4.98 Å². The highest BCUT2D eigenvalue weighted by Gasteiger charge is 2.39. The molecule has 33 heavy (non-hydrogen) atoms. The Balaban J connectivity index is 2.05. The molecule has 0 saturated heterocycles. The minimum Gasteiger partial charge on any atom is -0.225 e. The van der Waals surface area contributed by atoms with Gasteiger partial charge in [-0.3, -0.25) is 0 Å². The lowest BCUT2D eigenvalue weighted by Gasteiger charge is -2.26. The van der Waals surface area contributed by atoms with Gasteiger partial charge >= 0.3 is 0 Å². The third kappa shape index (κ3) is 4.22. The van der Waals surface area contributed by atoms with Crippen molar-refractivity contribution in [2.75, 3.05) is 3.71 Å². The highest BCUT2D eigenvalue weighted by molar-refractivity contribution is 8.10. The molecule has 0 fully saturated rings. The monoisotopic (exact) mass is 560 g/mol. The third-order valence-corrected chi connectivity index (χ3v) is 11.4. The second kappa shape index (κ2) is 8.72. The summed E-state index contributed by atoms with van der Waals surface area (Å²) in [6, 6.07) is 12.9. The van der Waals surface area contributed by atoms with Gasteiger partial charge in [-0.1, -0.05) is 46.9 Å². The summed E-state index contributed by atoms with van der Waals surface area (Å²) in [5, 5.41) is 0.383. The Hall–Kier alpha value is -1.88. The van der Waals surface area contributed by atoms with Gasteiger partial charge in [-0.25, -0.2) is 4.98 Å². The molecule has 0 saturated carbocycles. The van der Waals surface area contributed by atoms with Crippen molar-refractivity contribution >= 4 is 82.1 Å². The molecule has 1 heterocycles. The lowest BCUT2D eigenvalue weighted by Crippen LogP contribution is -2.37. The van der Waals surface area contributed by atoms with Crippen molar-refractivity contribution in [3.05, 3.63) is 80.2 Å². The van der Waals surface area contributed by atoms with E-state index in [0.717, 1.165) is 11.3 Å². The van der Waals surface area contributed by atoms with Gasteiger partial charge in [0.15, 0.2) is 4.47 Å². The highest BCUT2D eigenvalue weighted by atomic mass is 35.5. The molecule has 0 bridgehead atoms. The average Bonchev–Trinajstić information content (AvgIpc) is 3.10. The zero-order valence-corrected chi connectivity index (χ0v) is 21.8. The molecule has 172 valence electrons. The number of aromatic nitrogens is 1. The Labute approximate surface area is 210 Å². The third-order valence-electron chi connectivity index (χ3n) is 4.99. The number of halogens is 3. The Morgan fingerprint density at radius 3 is 1.82 bits per heavy atom. The first-order valence-corrected chi connectivity index (χ1v) is 14.1. The van der Waals surface area contributed by atoms with Crippen LogP contribution in [0.2, 0.25) is 14.5 Å². The van der Waals surface area contributed by atoms with Crippen LogP contribution in [-0.4, -0.2) is 21.8 Å². The standard InChI is InChI=1S/C21H15Cl3N2O4S3/c1-12-15(22)5-3-7-19(12)32(27,28)26(14-9-10-17-18(11-14)31-21(24)25-17)33(29,30)20-8-4-6-16(23)13(20)2/h3-11H,1-2H3. The Morgan fingerprint density at radius 1 is 0.788 bits per heavy atom.